The zero-order valence-electron chi connectivity index (χ0n) is 18.3. The number of amides is 1. The molecular weight excluding hydrogens is 376 g/mol. The molecule has 1 aromatic heterocycles. The largest absolute Gasteiger partial charge is 0.371 e. The molecule has 1 N–H and O–H groups in total. The second-order valence-corrected chi connectivity index (χ2v) is 8.44. The van der Waals surface area contributed by atoms with Gasteiger partial charge in [-0.15, -0.1) is 0 Å². The first-order valence-corrected chi connectivity index (χ1v) is 11.2. The Kier molecular flexibility index (Phi) is 6.69. The lowest BCUT2D eigenvalue weighted by molar-refractivity contribution is 0.0643. The summed E-state index contributed by atoms with van der Waals surface area (Å²) in [5, 5.41) is 7.89. The van der Waals surface area contributed by atoms with E-state index in [4.69, 9.17) is 0 Å². The molecule has 2 aliphatic rings. The summed E-state index contributed by atoms with van der Waals surface area (Å²) in [4.78, 5) is 19.6. The van der Waals surface area contributed by atoms with Gasteiger partial charge in [-0.25, -0.2) is 0 Å². The maximum atomic E-state index is 12.8. The molecule has 1 amide bonds. The van der Waals surface area contributed by atoms with E-state index in [-0.39, 0.29) is 5.91 Å². The van der Waals surface area contributed by atoms with Crippen molar-refractivity contribution in [2.45, 2.75) is 32.4 Å². The minimum atomic E-state index is 0.163. The number of likely N-dealkylation sites (N-methyl/N-ethyl adjacent to an activating group) is 1. The van der Waals surface area contributed by atoms with Crippen LogP contribution in [0.1, 0.15) is 35.7 Å². The molecule has 7 heteroatoms. The Morgan fingerprint density at radius 1 is 1.07 bits per heavy atom. The lowest BCUT2D eigenvalue weighted by Crippen LogP contribution is -2.48. The van der Waals surface area contributed by atoms with Crippen molar-refractivity contribution in [1.29, 1.82) is 0 Å². The van der Waals surface area contributed by atoms with Crippen molar-refractivity contribution in [3.05, 3.63) is 47.8 Å². The summed E-state index contributed by atoms with van der Waals surface area (Å²) >= 11 is 0. The molecule has 1 aromatic carbocycles. The number of piperazine rings is 1. The van der Waals surface area contributed by atoms with E-state index in [0.29, 0.717) is 6.04 Å². The molecule has 0 unspecified atom stereocenters. The summed E-state index contributed by atoms with van der Waals surface area (Å²) in [5.74, 6) is 0.163. The van der Waals surface area contributed by atoms with Crippen molar-refractivity contribution in [1.82, 2.24) is 24.9 Å². The van der Waals surface area contributed by atoms with Crippen LogP contribution >= 0.6 is 0 Å². The average molecular weight is 411 g/mol. The lowest BCUT2D eigenvalue weighted by Gasteiger charge is -2.35. The highest BCUT2D eigenvalue weighted by molar-refractivity contribution is 5.94. The fourth-order valence-electron chi connectivity index (χ4n) is 4.43. The van der Waals surface area contributed by atoms with Crippen molar-refractivity contribution in [3.8, 4) is 0 Å². The van der Waals surface area contributed by atoms with Crippen molar-refractivity contribution < 1.29 is 4.79 Å². The number of aryl methyl sites for hydroxylation is 1. The third-order valence-electron chi connectivity index (χ3n) is 6.43. The first kappa shape index (κ1) is 20.9. The van der Waals surface area contributed by atoms with Gasteiger partial charge in [0.1, 0.15) is 0 Å². The molecule has 0 spiro atoms. The maximum Gasteiger partial charge on any atom is 0.253 e. The number of nitrogens with zero attached hydrogens (tertiary/aromatic N) is 5. The van der Waals surface area contributed by atoms with Crippen molar-refractivity contribution >= 4 is 11.6 Å². The van der Waals surface area contributed by atoms with Crippen LogP contribution in [0.15, 0.2) is 36.7 Å². The molecule has 3 heterocycles. The lowest BCUT2D eigenvalue weighted by atomic mass is 10.0. The van der Waals surface area contributed by atoms with Gasteiger partial charge >= 0.3 is 0 Å². The topological polar surface area (TPSA) is 56.6 Å². The Morgan fingerprint density at radius 2 is 1.77 bits per heavy atom. The van der Waals surface area contributed by atoms with Crippen LogP contribution in [0.4, 0.5) is 5.69 Å². The van der Waals surface area contributed by atoms with Gasteiger partial charge in [0.25, 0.3) is 5.91 Å². The highest BCUT2D eigenvalue weighted by Gasteiger charge is 2.22. The smallest absolute Gasteiger partial charge is 0.253 e. The van der Waals surface area contributed by atoms with Gasteiger partial charge in [0.05, 0.1) is 6.20 Å². The second-order valence-electron chi connectivity index (χ2n) is 8.44. The molecule has 0 aliphatic carbocycles. The van der Waals surface area contributed by atoms with E-state index >= 15 is 0 Å². The number of anilines is 1. The molecule has 2 aliphatic heterocycles. The average Bonchev–Trinajstić information content (AvgIpc) is 3.23. The number of carbonyl (C=O) groups excluding carboxylic acids is 1. The fraction of sp³-hybridized carbons (Fsp3) is 0.565. The zero-order valence-corrected chi connectivity index (χ0v) is 18.3. The van der Waals surface area contributed by atoms with Gasteiger partial charge in [-0.2, -0.15) is 5.10 Å². The quantitative estimate of drug-likeness (QED) is 0.789. The first-order chi connectivity index (χ1) is 14.6. The number of aromatic nitrogens is 2. The Morgan fingerprint density at radius 3 is 2.37 bits per heavy atom. The predicted octanol–water partition coefficient (Wildman–Crippen LogP) is 1.96. The van der Waals surface area contributed by atoms with E-state index in [0.717, 1.165) is 70.8 Å². The van der Waals surface area contributed by atoms with Crippen LogP contribution in [0.2, 0.25) is 0 Å². The van der Waals surface area contributed by atoms with Gasteiger partial charge in [-0.1, -0.05) is 6.92 Å². The van der Waals surface area contributed by atoms with Crippen LogP contribution in [0.3, 0.4) is 0 Å². The van der Waals surface area contributed by atoms with Gasteiger partial charge in [0, 0.05) is 81.9 Å². The van der Waals surface area contributed by atoms with Crippen LogP contribution in [-0.4, -0.2) is 77.3 Å². The molecule has 7 nitrogen and oxygen atoms in total. The highest BCUT2D eigenvalue weighted by atomic mass is 16.2. The van der Waals surface area contributed by atoms with E-state index in [1.165, 1.54) is 11.3 Å². The summed E-state index contributed by atoms with van der Waals surface area (Å²) in [6, 6.07) is 8.76. The van der Waals surface area contributed by atoms with E-state index in [1.54, 1.807) is 0 Å². The highest BCUT2D eigenvalue weighted by Crippen LogP contribution is 2.21. The number of hydrogen-bond acceptors (Lipinski definition) is 5. The van der Waals surface area contributed by atoms with E-state index in [9.17, 15) is 4.79 Å². The van der Waals surface area contributed by atoms with Crippen LogP contribution in [0.25, 0.3) is 0 Å². The van der Waals surface area contributed by atoms with Crippen molar-refractivity contribution in [2.24, 2.45) is 7.05 Å². The summed E-state index contributed by atoms with van der Waals surface area (Å²) in [7, 11) is 1.95. The van der Waals surface area contributed by atoms with Crippen molar-refractivity contribution in [3.63, 3.8) is 0 Å². The minimum absolute atomic E-state index is 0.163. The minimum Gasteiger partial charge on any atom is -0.371 e. The molecule has 2 saturated heterocycles. The number of nitrogens with one attached hydrogen (secondary N) is 1. The number of hydrogen-bond donors (Lipinski definition) is 1. The third kappa shape index (κ3) is 5.02. The van der Waals surface area contributed by atoms with Crippen LogP contribution in [0.5, 0.6) is 0 Å². The number of rotatable bonds is 6. The number of piperidine rings is 1. The monoisotopic (exact) mass is 410 g/mol. The summed E-state index contributed by atoms with van der Waals surface area (Å²) in [6.07, 6.45) is 6.24. The molecule has 0 bridgehead atoms. The Hall–Kier alpha value is -2.38. The number of carbonyl (C=O) groups is 1. The normalized spacial score (nSPS) is 18.7. The van der Waals surface area contributed by atoms with E-state index < -0.39 is 0 Å². The third-order valence-corrected chi connectivity index (χ3v) is 6.43. The van der Waals surface area contributed by atoms with Crippen LogP contribution in [-0.2, 0) is 13.6 Å². The zero-order chi connectivity index (χ0) is 20.9. The molecule has 2 fully saturated rings. The molecular formula is C23H34N6O. The molecule has 30 heavy (non-hydrogen) atoms. The molecule has 0 saturated carbocycles. The van der Waals surface area contributed by atoms with Gasteiger partial charge in [-0.05, 0) is 43.7 Å². The summed E-state index contributed by atoms with van der Waals surface area (Å²) in [6.45, 7) is 9.80. The molecule has 0 atom stereocenters. The summed E-state index contributed by atoms with van der Waals surface area (Å²) in [5.41, 5.74) is 3.25. The van der Waals surface area contributed by atoms with E-state index in [1.807, 2.05) is 35.0 Å². The standard InChI is InChI=1S/C23H34N6O/c1-3-27-12-14-29(15-13-27)23(30)20-4-6-22(7-5-20)28-10-8-21(9-11-28)24-16-19-17-25-26(2)18-19/h4-7,17-18,21,24H,3,8-16H2,1-2H3. The molecule has 0 radical (unpaired) electrons. The fourth-order valence-corrected chi connectivity index (χ4v) is 4.43. The van der Waals surface area contributed by atoms with Gasteiger partial charge in [0.2, 0.25) is 0 Å². The predicted molar refractivity (Wildman–Crippen MR) is 120 cm³/mol. The van der Waals surface area contributed by atoms with Gasteiger partial charge < -0.3 is 20.0 Å². The summed E-state index contributed by atoms with van der Waals surface area (Å²) < 4.78 is 1.85. The Labute approximate surface area is 179 Å². The Bertz CT molecular complexity index is 816. The van der Waals surface area contributed by atoms with Gasteiger partial charge in [-0.3, -0.25) is 9.48 Å². The molecule has 2 aromatic rings. The van der Waals surface area contributed by atoms with Crippen molar-refractivity contribution in [2.75, 3.05) is 50.7 Å². The van der Waals surface area contributed by atoms with Crippen LogP contribution in [0, 0.1) is 0 Å². The molecule has 162 valence electrons. The first-order valence-electron chi connectivity index (χ1n) is 11.2. The second kappa shape index (κ2) is 9.62. The Balaban J connectivity index is 1.25. The number of benzene rings is 1. The maximum absolute atomic E-state index is 12.8. The van der Waals surface area contributed by atoms with E-state index in [2.05, 4.69) is 45.5 Å². The SMILES string of the molecule is CCN1CCN(C(=O)c2ccc(N3CCC(NCc4cnn(C)c4)CC3)cc2)CC1. The van der Waals surface area contributed by atoms with Gasteiger partial charge in [0.15, 0.2) is 0 Å². The molecule has 4 rings (SSSR count). The van der Waals surface area contributed by atoms with Crippen LogP contribution < -0.4 is 10.2 Å².